The van der Waals surface area contributed by atoms with E-state index in [4.69, 9.17) is 4.74 Å². The summed E-state index contributed by atoms with van der Waals surface area (Å²) in [7, 11) is 0. The third-order valence-electron chi connectivity index (χ3n) is 2.58. The van der Waals surface area contributed by atoms with E-state index in [0.717, 1.165) is 18.2 Å². The fourth-order valence-corrected chi connectivity index (χ4v) is 1.53. The van der Waals surface area contributed by atoms with Crippen molar-refractivity contribution in [2.45, 2.75) is 6.92 Å². The first-order valence-corrected chi connectivity index (χ1v) is 6.09. The molecule has 0 unspecified atom stereocenters. The van der Waals surface area contributed by atoms with Crippen LogP contribution in [0.2, 0.25) is 0 Å². The summed E-state index contributed by atoms with van der Waals surface area (Å²) in [5.74, 6) is -1.01. The van der Waals surface area contributed by atoms with Crippen LogP contribution < -0.4 is 0 Å². The van der Waals surface area contributed by atoms with E-state index >= 15 is 0 Å². The number of hydrogen-bond donors (Lipinski definition) is 0. The second kappa shape index (κ2) is 7.59. The number of carbonyl (C=O) groups excluding carboxylic acids is 1. The molecule has 0 fully saturated rings. The summed E-state index contributed by atoms with van der Waals surface area (Å²) in [6.45, 7) is 0.754. The minimum atomic E-state index is -1.01. The van der Waals surface area contributed by atoms with Gasteiger partial charge in [-0.05, 0) is 18.6 Å². The minimum Gasteiger partial charge on any atom is -0.458 e. The van der Waals surface area contributed by atoms with Gasteiger partial charge in [0.15, 0.2) is 0 Å². The number of hydrogen-bond acceptors (Lipinski definition) is 8. The predicted octanol–water partition coefficient (Wildman–Crippen LogP) is 1.88. The first kappa shape index (κ1) is 17.7. The van der Waals surface area contributed by atoms with E-state index in [0.29, 0.717) is 5.57 Å². The zero-order valence-corrected chi connectivity index (χ0v) is 11.8. The maximum absolute atomic E-state index is 11.8. The van der Waals surface area contributed by atoms with E-state index in [1.165, 1.54) is 13.0 Å². The molecule has 0 radical (unpaired) electrons. The highest BCUT2D eigenvalue weighted by Gasteiger charge is 2.20. The highest BCUT2D eigenvalue weighted by Crippen LogP contribution is 2.23. The molecule has 0 bridgehead atoms. The molecule has 1 aromatic rings. The number of nitro groups is 3. The van der Waals surface area contributed by atoms with E-state index in [-0.39, 0.29) is 12.2 Å². The van der Waals surface area contributed by atoms with Crippen LogP contribution in [0.15, 0.2) is 29.8 Å². The molecule has 0 atom stereocenters. The number of carbonyl (C=O) groups is 1. The molecule has 0 amide bonds. The Labute approximate surface area is 128 Å². The Balaban J connectivity index is 2.89. The largest absolute Gasteiger partial charge is 0.458 e. The number of ether oxygens (including phenoxy) is 1. The maximum atomic E-state index is 11.8. The molecule has 0 heterocycles. The highest BCUT2D eigenvalue weighted by atomic mass is 16.6. The normalized spacial score (nSPS) is 10.9. The van der Waals surface area contributed by atoms with Gasteiger partial charge >= 0.3 is 5.97 Å². The van der Waals surface area contributed by atoms with Crippen LogP contribution in [-0.4, -0.2) is 33.9 Å². The van der Waals surface area contributed by atoms with Crippen molar-refractivity contribution in [3.8, 4) is 0 Å². The van der Waals surface area contributed by atoms with Crippen molar-refractivity contribution < 1.29 is 24.3 Å². The molecule has 0 N–H and O–H groups in total. The molecule has 0 saturated carbocycles. The monoisotopic (exact) mass is 325 g/mol. The van der Waals surface area contributed by atoms with Gasteiger partial charge in [0.1, 0.15) is 6.61 Å². The second-order valence-electron chi connectivity index (χ2n) is 4.39. The van der Waals surface area contributed by atoms with E-state index in [1.54, 1.807) is 0 Å². The van der Waals surface area contributed by atoms with Crippen LogP contribution in [0.5, 0.6) is 0 Å². The lowest BCUT2D eigenvalue weighted by atomic mass is 10.2. The first-order valence-electron chi connectivity index (χ1n) is 6.09. The lowest BCUT2D eigenvalue weighted by molar-refractivity contribution is -0.470. The predicted molar refractivity (Wildman–Crippen MR) is 75.7 cm³/mol. The number of non-ortho nitro benzene ring substituents is 2. The fourth-order valence-electron chi connectivity index (χ4n) is 1.53. The molecule has 11 nitrogen and oxygen atoms in total. The Bertz CT molecular complexity index is 665. The van der Waals surface area contributed by atoms with E-state index < -0.39 is 38.7 Å². The van der Waals surface area contributed by atoms with Gasteiger partial charge < -0.3 is 4.74 Å². The number of benzene rings is 1. The third kappa shape index (κ3) is 5.49. The van der Waals surface area contributed by atoms with Crippen molar-refractivity contribution in [2.75, 3.05) is 13.2 Å². The SMILES string of the molecule is CC(=CCOC(=O)c1cc([N+](=O)[O-])cc([N+](=O)[O-])c1)C[N+](=O)[O-]. The molecule has 23 heavy (non-hydrogen) atoms. The molecule has 0 saturated heterocycles. The standard InChI is InChI=1S/C12H11N3O8/c1-8(7-13(17)18)2-3-23-12(16)9-4-10(14(19)20)6-11(5-9)15(21)22/h2,4-6H,3,7H2,1H3. The topological polar surface area (TPSA) is 156 Å². The van der Waals surface area contributed by atoms with E-state index in [9.17, 15) is 35.1 Å². The first-order chi connectivity index (χ1) is 10.7. The number of rotatable bonds is 7. The van der Waals surface area contributed by atoms with Gasteiger partial charge in [0.2, 0.25) is 6.54 Å². The van der Waals surface area contributed by atoms with Gasteiger partial charge in [0, 0.05) is 17.1 Å². The average molecular weight is 325 g/mol. The van der Waals surface area contributed by atoms with Crippen molar-refractivity contribution in [3.63, 3.8) is 0 Å². The van der Waals surface area contributed by atoms with Crippen molar-refractivity contribution in [3.05, 3.63) is 65.8 Å². The molecular weight excluding hydrogens is 314 g/mol. The molecule has 11 heteroatoms. The summed E-state index contributed by atoms with van der Waals surface area (Å²) >= 11 is 0. The Morgan fingerprint density at radius 1 is 1.09 bits per heavy atom. The summed E-state index contributed by atoms with van der Waals surface area (Å²) in [6.07, 6.45) is 1.30. The number of nitro benzene ring substituents is 2. The summed E-state index contributed by atoms with van der Waals surface area (Å²) < 4.78 is 4.77. The fraction of sp³-hybridized carbons (Fsp3) is 0.250. The van der Waals surface area contributed by atoms with Gasteiger partial charge in [0.25, 0.3) is 11.4 Å². The van der Waals surface area contributed by atoms with Crippen LogP contribution in [0.3, 0.4) is 0 Å². The quantitative estimate of drug-likeness (QED) is 0.318. The Morgan fingerprint density at radius 3 is 2.04 bits per heavy atom. The van der Waals surface area contributed by atoms with E-state index in [2.05, 4.69) is 0 Å². The molecule has 0 aliphatic heterocycles. The minimum absolute atomic E-state index is 0.297. The van der Waals surface area contributed by atoms with Crippen LogP contribution >= 0.6 is 0 Å². The lowest BCUT2D eigenvalue weighted by Crippen LogP contribution is -2.08. The van der Waals surface area contributed by atoms with E-state index in [1.807, 2.05) is 0 Å². The molecule has 1 rings (SSSR count). The van der Waals surface area contributed by atoms with Gasteiger partial charge in [0.05, 0.1) is 21.5 Å². The highest BCUT2D eigenvalue weighted by molar-refractivity contribution is 5.91. The van der Waals surface area contributed by atoms with Crippen LogP contribution in [0.4, 0.5) is 11.4 Å². The summed E-state index contributed by atoms with van der Waals surface area (Å²) in [5.41, 5.74) is -1.24. The van der Waals surface area contributed by atoms with Crippen molar-refractivity contribution in [1.82, 2.24) is 0 Å². The molecule has 0 aliphatic carbocycles. The van der Waals surface area contributed by atoms with Crippen molar-refractivity contribution >= 4 is 17.3 Å². The van der Waals surface area contributed by atoms with Gasteiger partial charge in [-0.1, -0.05) is 0 Å². The van der Waals surface area contributed by atoms with Crippen molar-refractivity contribution in [2.24, 2.45) is 0 Å². The summed E-state index contributed by atoms with van der Waals surface area (Å²) in [5, 5.41) is 31.7. The maximum Gasteiger partial charge on any atom is 0.338 e. The Morgan fingerprint density at radius 2 is 1.61 bits per heavy atom. The Kier molecular flexibility index (Phi) is 5.83. The van der Waals surface area contributed by atoms with Gasteiger partial charge in [-0.25, -0.2) is 4.79 Å². The molecular formula is C12H11N3O8. The number of esters is 1. The molecule has 0 aromatic heterocycles. The van der Waals surface area contributed by atoms with Crippen LogP contribution in [0.1, 0.15) is 17.3 Å². The zero-order valence-electron chi connectivity index (χ0n) is 11.8. The van der Waals surface area contributed by atoms with Crippen molar-refractivity contribution in [1.29, 1.82) is 0 Å². The molecule has 0 spiro atoms. The van der Waals surface area contributed by atoms with Gasteiger partial charge in [-0.3, -0.25) is 30.3 Å². The molecule has 122 valence electrons. The van der Waals surface area contributed by atoms with Gasteiger partial charge in [-0.2, -0.15) is 0 Å². The van der Waals surface area contributed by atoms with Crippen LogP contribution in [-0.2, 0) is 4.74 Å². The van der Waals surface area contributed by atoms with Crippen LogP contribution in [0.25, 0.3) is 0 Å². The number of nitrogens with zero attached hydrogens (tertiary/aromatic N) is 3. The second-order valence-corrected chi connectivity index (χ2v) is 4.39. The third-order valence-corrected chi connectivity index (χ3v) is 2.58. The lowest BCUT2D eigenvalue weighted by Gasteiger charge is -2.03. The zero-order chi connectivity index (χ0) is 17.6. The Hall–Kier alpha value is -3.37. The molecule has 1 aromatic carbocycles. The van der Waals surface area contributed by atoms with Gasteiger partial charge in [-0.15, -0.1) is 0 Å². The smallest absolute Gasteiger partial charge is 0.338 e. The summed E-state index contributed by atoms with van der Waals surface area (Å²) in [6, 6.07) is 2.42. The summed E-state index contributed by atoms with van der Waals surface area (Å²) in [4.78, 5) is 41.2. The average Bonchev–Trinajstić information content (AvgIpc) is 2.45. The molecule has 0 aliphatic rings. The van der Waals surface area contributed by atoms with Crippen LogP contribution in [0, 0.1) is 30.3 Å².